The van der Waals surface area contributed by atoms with Crippen molar-refractivity contribution in [2.75, 3.05) is 12.4 Å². The number of methoxy groups -OCH3 is 1. The molecule has 1 atom stereocenters. The first-order valence-corrected chi connectivity index (χ1v) is 9.19. The molecule has 2 aliphatic heterocycles. The molecule has 1 spiro atoms. The first kappa shape index (κ1) is 22.1. The maximum atomic E-state index is 12.6. The van der Waals surface area contributed by atoms with Crippen molar-refractivity contribution in [2.45, 2.75) is 11.0 Å². The Labute approximate surface area is 176 Å². The number of esters is 1. The number of carboxylic acid groups (broad SMARTS) is 1. The number of halogens is 3. The van der Waals surface area contributed by atoms with Gasteiger partial charge < -0.3 is 15.2 Å². The maximum Gasteiger partial charge on any atom is 0.490 e. The summed E-state index contributed by atoms with van der Waals surface area (Å²) >= 11 is 1.29. The molecule has 0 bridgehead atoms. The van der Waals surface area contributed by atoms with E-state index in [-0.39, 0.29) is 5.91 Å². The standard InChI is InChI=1S/C16H12N4O3S.C2HF3O2/c1-23-14(21)9-4-5-12-11(7-9)16(15(22)18-12)20-19-13(24-16)10-3-2-6-17-8-10;3-2(4,5)1(6)7/h2-8,20H,1H3,(H,18,22);(H,6,7). The predicted octanol–water partition coefficient (Wildman–Crippen LogP) is 2.30. The van der Waals surface area contributed by atoms with Crippen LogP contribution in [0.1, 0.15) is 21.5 Å². The Bertz CT molecular complexity index is 1080. The van der Waals surface area contributed by atoms with Crippen molar-refractivity contribution in [3.05, 3.63) is 59.4 Å². The number of thioether (sulfide) groups is 1. The molecule has 0 fully saturated rings. The number of aliphatic carboxylic acids is 1. The fourth-order valence-corrected chi connectivity index (χ4v) is 3.80. The van der Waals surface area contributed by atoms with Gasteiger partial charge in [0.05, 0.1) is 12.7 Å². The SMILES string of the molecule is COC(=O)c1ccc2c(c1)C1(NN=C(c3cccnc3)S1)C(=O)N2.O=C(O)C(F)(F)F. The summed E-state index contributed by atoms with van der Waals surface area (Å²) in [6, 6.07) is 8.64. The number of anilines is 1. The zero-order valence-electron chi connectivity index (χ0n) is 15.6. The molecule has 162 valence electrons. The lowest BCUT2D eigenvalue weighted by atomic mass is 10.0. The summed E-state index contributed by atoms with van der Waals surface area (Å²) in [5.41, 5.74) is 5.43. The zero-order chi connectivity index (χ0) is 22.8. The number of rotatable bonds is 2. The van der Waals surface area contributed by atoms with Crippen LogP contribution >= 0.6 is 11.8 Å². The number of carbonyl (C=O) groups is 3. The minimum Gasteiger partial charge on any atom is -0.475 e. The number of hydrogen-bond acceptors (Lipinski definition) is 8. The first-order chi connectivity index (χ1) is 14.6. The Kier molecular flexibility index (Phi) is 5.88. The van der Waals surface area contributed by atoms with Gasteiger partial charge >= 0.3 is 18.1 Å². The van der Waals surface area contributed by atoms with E-state index in [9.17, 15) is 22.8 Å². The maximum absolute atomic E-state index is 12.6. The highest BCUT2D eigenvalue weighted by Crippen LogP contribution is 2.48. The molecule has 2 aliphatic rings. The molecule has 13 heteroatoms. The third-order valence-electron chi connectivity index (χ3n) is 4.10. The first-order valence-electron chi connectivity index (χ1n) is 8.37. The fourth-order valence-electron chi connectivity index (χ4n) is 2.67. The number of carboxylic acids is 1. The molecule has 9 nitrogen and oxygen atoms in total. The van der Waals surface area contributed by atoms with Gasteiger partial charge in [-0.3, -0.25) is 15.2 Å². The van der Waals surface area contributed by atoms with Crippen molar-refractivity contribution in [1.82, 2.24) is 10.4 Å². The summed E-state index contributed by atoms with van der Waals surface area (Å²) in [6.07, 6.45) is -1.72. The number of nitrogens with one attached hydrogen (secondary N) is 2. The van der Waals surface area contributed by atoms with E-state index in [1.54, 1.807) is 36.7 Å². The van der Waals surface area contributed by atoms with Gasteiger partial charge in [-0.15, -0.1) is 0 Å². The molecular weight excluding hydrogens is 441 g/mol. The third kappa shape index (κ3) is 4.30. The van der Waals surface area contributed by atoms with Crippen LogP contribution in [0.2, 0.25) is 0 Å². The number of ether oxygens (including phenoxy) is 1. The van der Waals surface area contributed by atoms with Crippen molar-refractivity contribution in [3.8, 4) is 0 Å². The summed E-state index contributed by atoms with van der Waals surface area (Å²) in [4.78, 5) is 36.3. The van der Waals surface area contributed by atoms with Crippen molar-refractivity contribution < 1.29 is 37.4 Å². The highest BCUT2D eigenvalue weighted by atomic mass is 32.2. The number of pyridine rings is 1. The van der Waals surface area contributed by atoms with Crippen LogP contribution in [0.4, 0.5) is 18.9 Å². The van der Waals surface area contributed by atoms with Crippen LogP contribution in [0.15, 0.2) is 47.8 Å². The topological polar surface area (TPSA) is 130 Å². The second kappa shape index (κ2) is 8.26. The van der Waals surface area contributed by atoms with Crippen LogP contribution in [0.3, 0.4) is 0 Å². The van der Waals surface area contributed by atoms with E-state index >= 15 is 0 Å². The lowest BCUT2D eigenvalue weighted by Gasteiger charge is -2.20. The minimum atomic E-state index is -5.08. The van der Waals surface area contributed by atoms with E-state index in [1.165, 1.54) is 18.9 Å². The summed E-state index contributed by atoms with van der Waals surface area (Å²) in [7, 11) is 1.32. The Hall–Kier alpha value is -3.61. The number of aromatic nitrogens is 1. The third-order valence-corrected chi connectivity index (χ3v) is 5.43. The average molecular weight is 454 g/mol. The van der Waals surface area contributed by atoms with Gasteiger partial charge in [-0.25, -0.2) is 9.59 Å². The molecule has 0 radical (unpaired) electrons. The molecule has 0 saturated carbocycles. The average Bonchev–Trinajstić information content (AvgIpc) is 3.31. The van der Waals surface area contributed by atoms with Crippen LogP contribution in [0.25, 0.3) is 0 Å². The molecular formula is C18H13F3N4O5S. The van der Waals surface area contributed by atoms with E-state index in [1.807, 2.05) is 6.07 Å². The molecule has 31 heavy (non-hydrogen) atoms. The normalized spacial score (nSPS) is 18.8. The minimum absolute atomic E-state index is 0.229. The summed E-state index contributed by atoms with van der Waals surface area (Å²) in [6.45, 7) is 0. The van der Waals surface area contributed by atoms with E-state index < -0.39 is 23.0 Å². The van der Waals surface area contributed by atoms with Gasteiger partial charge in [-0.2, -0.15) is 18.3 Å². The van der Waals surface area contributed by atoms with Crippen molar-refractivity contribution in [2.24, 2.45) is 5.10 Å². The molecule has 3 N–H and O–H groups in total. The molecule has 4 rings (SSSR count). The molecule has 1 aromatic carbocycles. The number of amides is 1. The van der Waals surface area contributed by atoms with Crippen molar-refractivity contribution >= 4 is 40.3 Å². The molecule has 0 saturated heterocycles. The Morgan fingerprint density at radius 3 is 2.55 bits per heavy atom. The largest absolute Gasteiger partial charge is 0.490 e. The van der Waals surface area contributed by atoms with Crippen LogP contribution in [0.5, 0.6) is 0 Å². The number of alkyl halides is 3. The second-order valence-electron chi connectivity index (χ2n) is 6.06. The highest BCUT2D eigenvalue weighted by Gasteiger charge is 2.52. The highest BCUT2D eigenvalue weighted by molar-refractivity contribution is 8.16. The number of carbonyl (C=O) groups excluding carboxylic acids is 2. The number of benzene rings is 1. The van der Waals surface area contributed by atoms with Crippen molar-refractivity contribution in [1.29, 1.82) is 0 Å². The van der Waals surface area contributed by atoms with Gasteiger partial charge in [0.2, 0.25) is 4.87 Å². The van der Waals surface area contributed by atoms with Crippen LogP contribution in [0, 0.1) is 0 Å². The zero-order valence-corrected chi connectivity index (χ0v) is 16.4. The molecule has 2 aromatic rings. The Morgan fingerprint density at radius 1 is 1.26 bits per heavy atom. The van der Waals surface area contributed by atoms with Gasteiger partial charge in [-0.1, -0.05) is 11.8 Å². The van der Waals surface area contributed by atoms with Gasteiger partial charge in [0, 0.05) is 29.2 Å². The van der Waals surface area contributed by atoms with Crippen molar-refractivity contribution in [3.63, 3.8) is 0 Å². The summed E-state index contributed by atoms with van der Waals surface area (Å²) in [5.74, 6) is -3.44. The van der Waals surface area contributed by atoms with Gasteiger partial charge in [-0.05, 0) is 30.3 Å². The number of fused-ring (bicyclic) bond motifs is 2. The smallest absolute Gasteiger partial charge is 0.475 e. The number of hydrogen-bond donors (Lipinski definition) is 3. The Morgan fingerprint density at radius 2 is 1.97 bits per heavy atom. The Balaban J connectivity index is 0.000000339. The predicted molar refractivity (Wildman–Crippen MR) is 103 cm³/mol. The number of hydrazone groups is 1. The van der Waals surface area contributed by atoms with Crippen LogP contribution in [-0.4, -0.2) is 46.3 Å². The number of nitrogens with zero attached hydrogens (tertiary/aromatic N) is 2. The molecule has 1 aromatic heterocycles. The van der Waals surface area contributed by atoms with E-state index in [0.717, 1.165) is 5.56 Å². The molecule has 1 amide bonds. The van der Waals surface area contributed by atoms with E-state index in [0.29, 0.717) is 21.9 Å². The molecule has 1 unspecified atom stereocenters. The lowest BCUT2D eigenvalue weighted by Crippen LogP contribution is -2.39. The monoisotopic (exact) mass is 454 g/mol. The van der Waals surface area contributed by atoms with Gasteiger partial charge in [0.15, 0.2) is 0 Å². The van der Waals surface area contributed by atoms with E-state index in [4.69, 9.17) is 14.6 Å². The lowest BCUT2D eigenvalue weighted by molar-refractivity contribution is -0.192. The molecule has 3 heterocycles. The fraction of sp³-hybridized carbons (Fsp3) is 0.167. The summed E-state index contributed by atoms with van der Waals surface area (Å²) < 4.78 is 36.5. The second-order valence-corrected chi connectivity index (χ2v) is 7.27. The van der Waals surface area contributed by atoms with E-state index in [2.05, 4.69) is 20.8 Å². The summed E-state index contributed by atoms with van der Waals surface area (Å²) in [5, 5.41) is 14.9. The van der Waals surface area contributed by atoms with Crippen LogP contribution in [-0.2, 0) is 19.2 Å². The quantitative estimate of drug-likeness (QED) is 0.590. The van der Waals surface area contributed by atoms with Gasteiger partial charge in [0.25, 0.3) is 5.91 Å². The van der Waals surface area contributed by atoms with Crippen LogP contribution < -0.4 is 10.7 Å². The van der Waals surface area contributed by atoms with Gasteiger partial charge in [0.1, 0.15) is 5.04 Å². The molecule has 0 aliphatic carbocycles.